The fraction of sp³-hybridized carbons (Fsp3) is 0.273. The molecular formula is C11H14N4. The van der Waals surface area contributed by atoms with Crippen LogP contribution in [-0.4, -0.2) is 24.1 Å². The molecule has 4 nitrogen and oxygen atoms in total. The van der Waals surface area contributed by atoms with E-state index in [0.717, 1.165) is 28.2 Å². The van der Waals surface area contributed by atoms with Gasteiger partial charge in [0.15, 0.2) is 0 Å². The molecule has 1 heterocycles. The number of benzene rings is 1. The highest BCUT2D eigenvalue weighted by atomic mass is 15.1. The first-order valence-electron chi connectivity index (χ1n) is 4.79. The summed E-state index contributed by atoms with van der Waals surface area (Å²) in [7, 11) is 3.93. The predicted octanol–water partition coefficient (Wildman–Crippen LogP) is 1.59. The Morgan fingerprint density at radius 3 is 2.60 bits per heavy atom. The van der Waals surface area contributed by atoms with E-state index >= 15 is 0 Å². The molecule has 0 aliphatic rings. The largest absolute Gasteiger partial charge is 0.399 e. The van der Waals surface area contributed by atoms with Crippen LogP contribution < -0.4 is 10.6 Å². The molecule has 2 N–H and O–H groups in total. The third-order valence-corrected chi connectivity index (χ3v) is 2.24. The molecule has 0 atom stereocenters. The second-order valence-corrected chi connectivity index (χ2v) is 3.77. The van der Waals surface area contributed by atoms with Gasteiger partial charge in [0, 0.05) is 25.2 Å². The number of rotatable bonds is 1. The zero-order valence-electron chi connectivity index (χ0n) is 9.15. The van der Waals surface area contributed by atoms with E-state index in [1.807, 2.05) is 44.1 Å². The van der Waals surface area contributed by atoms with E-state index in [9.17, 15) is 0 Å². The summed E-state index contributed by atoms with van der Waals surface area (Å²) < 4.78 is 0. The van der Waals surface area contributed by atoms with Gasteiger partial charge in [0.1, 0.15) is 11.6 Å². The minimum absolute atomic E-state index is 0.734. The van der Waals surface area contributed by atoms with Gasteiger partial charge in [0.05, 0.1) is 5.52 Å². The van der Waals surface area contributed by atoms with Crippen LogP contribution in [0, 0.1) is 6.92 Å². The SMILES string of the molecule is Cc1nc(N(C)C)c2cc(N)ccc2n1. The Bertz CT molecular complexity index is 505. The Morgan fingerprint density at radius 1 is 1.20 bits per heavy atom. The van der Waals surface area contributed by atoms with Crippen LogP contribution in [0.25, 0.3) is 10.9 Å². The van der Waals surface area contributed by atoms with E-state index in [4.69, 9.17) is 5.73 Å². The lowest BCUT2D eigenvalue weighted by molar-refractivity contribution is 1.02. The van der Waals surface area contributed by atoms with Crippen molar-refractivity contribution in [3.63, 3.8) is 0 Å². The molecule has 1 aromatic carbocycles. The molecule has 4 heteroatoms. The molecule has 0 aliphatic heterocycles. The van der Waals surface area contributed by atoms with Crippen LogP contribution in [0.2, 0.25) is 0 Å². The van der Waals surface area contributed by atoms with E-state index in [-0.39, 0.29) is 0 Å². The molecular weight excluding hydrogens is 188 g/mol. The lowest BCUT2D eigenvalue weighted by Gasteiger charge is -2.14. The molecule has 0 radical (unpaired) electrons. The van der Waals surface area contributed by atoms with Gasteiger partial charge in [-0.25, -0.2) is 9.97 Å². The maximum Gasteiger partial charge on any atom is 0.139 e. The second-order valence-electron chi connectivity index (χ2n) is 3.77. The highest BCUT2D eigenvalue weighted by molar-refractivity contribution is 5.91. The van der Waals surface area contributed by atoms with E-state index in [2.05, 4.69) is 9.97 Å². The van der Waals surface area contributed by atoms with Gasteiger partial charge >= 0.3 is 0 Å². The van der Waals surface area contributed by atoms with Crippen molar-refractivity contribution in [2.45, 2.75) is 6.92 Å². The molecule has 2 rings (SSSR count). The van der Waals surface area contributed by atoms with Crippen molar-refractivity contribution >= 4 is 22.4 Å². The molecule has 0 saturated carbocycles. The number of nitrogens with two attached hydrogens (primary N) is 1. The summed E-state index contributed by atoms with van der Waals surface area (Å²) in [5.41, 5.74) is 7.42. The first-order chi connectivity index (χ1) is 7.08. The average molecular weight is 202 g/mol. The molecule has 0 unspecified atom stereocenters. The number of fused-ring (bicyclic) bond motifs is 1. The van der Waals surface area contributed by atoms with Crippen LogP contribution in [0.3, 0.4) is 0 Å². The Kier molecular flexibility index (Phi) is 2.19. The highest BCUT2D eigenvalue weighted by Crippen LogP contribution is 2.24. The summed E-state index contributed by atoms with van der Waals surface area (Å²) >= 11 is 0. The number of nitrogen functional groups attached to an aromatic ring is 1. The van der Waals surface area contributed by atoms with Gasteiger partial charge in [-0.15, -0.1) is 0 Å². The van der Waals surface area contributed by atoms with E-state index in [1.165, 1.54) is 0 Å². The number of hydrogen-bond acceptors (Lipinski definition) is 4. The van der Waals surface area contributed by atoms with Gasteiger partial charge in [0.25, 0.3) is 0 Å². The van der Waals surface area contributed by atoms with Crippen molar-refractivity contribution in [3.05, 3.63) is 24.0 Å². The van der Waals surface area contributed by atoms with Gasteiger partial charge in [-0.05, 0) is 25.1 Å². The molecule has 2 aromatic rings. The Balaban J connectivity index is 2.81. The lowest BCUT2D eigenvalue weighted by Crippen LogP contribution is -2.12. The van der Waals surface area contributed by atoms with Gasteiger partial charge in [-0.3, -0.25) is 0 Å². The van der Waals surface area contributed by atoms with Crippen LogP contribution in [-0.2, 0) is 0 Å². The zero-order valence-corrected chi connectivity index (χ0v) is 9.15. The fourth-order valence-corrected chi connectivity index (χ4v) is 1.58. The first kappa shape index (κ1) is 9.71. The van der Waals surface area contributed by atoms with Crippen molar-refractivity contribution < 1.29 is 0 Å². The number of aryl methyl sites for hydroxylation is 1. The van der Waals surface area contributed by atoms with Crippen molar-refractivity contribution in [2.24, 2.45) is 0 Å². The van der Waals surface area contributed by atoms with Crippen LogP contribution in [0.5, 0.6) is 0 Å². The third kappa shape index (κ3) is 1.70. The first-order valence-corrected chi connectivity index (χ1v) is 4.79. The Hall–Kier alpha value is -1.84. The molecule has 15 heavy (non-hydrogen) atoms. The normalized spacial score (nSPS) is 10.6. The summed E-state index contributed by atoms with van der Waals surface area (Å²) in [5.74, 6) is 1.68. The van der Waals surface area contributed by atoms with Crippen molar-refractivity contribution in [3.8, 4) is 0 Å². The van der Waals surface area contributed by atoms with E-state index in [0.29, 0.717) is 0 Å². The maximum atomic E-state index is 5.76. The lowest BCUT2D eigenvalue weighted by atomic mass is 10.2. The molecule has 78 valence electrons. The van der Waals surface area contributed by atoms with Crippen molar-refractivity contribution in [1.82, 2.24) is 9.97 Å². The number of nitrogens with zero attached hydrogens (tertiary/aromatic N) is 3. The number of aromatic nitrogens is 2. The third-order valence-electron chi connectivity index (χ3n) is 2.24. The molecule has 0 amide bonds. The fourth-order valence-electron chi connectivity index (χ4n) is 1.58. The summed E-state index contributed by atoms with van der Waals surface area (Å²) in [6.45, 7) is 1.89. The predicted molar refractivity (Wildman–Crippen MR) is 63.0 cm³/mol. The standard InChI is InChI=1S/C11H14N4/c1-7-13-10-5-4-8(12)6-9(10)11(14-7)15(2)3/h4-6H,12H2,1-3H3. The summed E-state index contributed by atoms with van der Waals surface area (Å²) in [4.78, 5) is 10.7. The summed E-state index contributed by atoms with van der Waals surface area (Å²) in [5, 5.41) is 0.991. The zero-order chi connectivity index (χ0) is 11.0. The maximum absolute atomic E-state index is 5.76. The minimum atomic E-state index is 0.734. The van der Waals surface area contributed by atoms with Crippen LogP contribution in [0.4, 0.5) is 11.5 Å². The molecule has 0 saturated heterocycles. The topological polar surface area (TPSA) is 55.0 Å². The van der Waals surface area contributed by atoms with Crippen LogP contribution in [0.15, 0.2) is 18.2 Å². The van der Waals surface area contributed by atoms with Gasteiger partial charge in [0.2, 0.25) is 0 Å². The van der Waals surface area contributed by atoms with Gasteiger partial charge in [-0.2, -0.15) is 0 Å². The van der Waals surface area contributed by atoms with Crippen molar-refractivity contribution in [2.75, 3.05) is 24.7 Å². The second kappa shape index (κ2) is 3.38. The highest BCUT2D eigenvalue weighted by Gasteiger charge is 2.07. The summed E-state index contributed by atoms with van der Waals surface area (Å²) in [6.07, 6.45) is 0. The molecule has 0 aliphatic carbocycles. The smallest absolute Gasteiger partial charge is 0.139 e. The molecule has 0 spiro atoms. The molecule has 1 aromatic heterocycles. The van der Waals surface area contributed by atoms with Crippen molar-refractivity contribution in [1.29, 1.82) is 0 Å². The van der Waals surface area contributed by atoms with Gasteiger partial charge < -0.3 is 10.6 Å². The Morgan fingerprint density at radius 2 is 1.93 bits per heavy atom. The monoisotopic (exact) mass is 202 g/mol. The number of anilines is 2. The summed E-state index contributed by atoms with van der Waals surface area (Å²) in [6, 6.07) is 5.69. The van der Waals surface area contributed by atoms with Crippen LogP contribution in [0.1, 0.15) is 5.82 Å². The van der Waals surface area contributed by atoms with E-state index in [1.54, 1.807) is 0 Å². The molecule has 0 fully saturated rings. The Labute approximate surface area is 88.7 Å². The quantitative estimate of drug-likeness (QED) is 0.713. The van der Waals surface area contributed by atoms with Gasteiger partial charge in [-0.1, -0.05) is 0 Å². The number of hydrogen-bond donors (Lipinski definition) is 1. The molecule has 0 bridgehead atoms. The average Bonchev–Trinajstić information content (AvgIpc) is 2.17. The van der Waals surface area contributed by atoms with Crippen LogP contribution >= 0.6 is 0 Å². The van der Waals surface area contributed by atoms with E-state index < -0.39 is 0 Å². The minimum Gasteiger partial charge on any atom is -0.399 e.